The van der Waals surface area contributed by atoms with E-state index in [0.717, 1.165) is 11.8 Å². The summed E-state index contributed by atoms with van der Waals surface area (Å²) in [5.41, 5.74) is 0.191. The lowest BCUT2D eigenvalue weighted by Gasteiger charge is -2.09. The summed E-state index contributed by atoms with van der Waals surface area (Å²) in [6, 6.07) is 11.3. The molecule has 1 aromatic carbocycles. The SMILES string of the molecule is O=C(O)c1cnc(OCCc2cccs2)c2ccccc12. The summed E-state index contributed by atoms with van der Waals surface area (Å²) < 4.78 is 5.73. The quantitative estimate of drug-likeness (QED) is 0.781. The number of pyridine rings is 1. The van der Waals surface area contributed by atoms with Gasteiger partial charge in [-0.05, 0) is 17.5 Å². The molecule has 21 heavy (non-hydrogen) atoms. The van der Waals surface area contributed by atoms with Crippen LogP contribution in [0.5, 0.6) is 5.88 Å². The first-order chi connectivity index (χ1) is 10.3. The molecule has 3 aromatic rings. The van der Waals surface area contributed by atoms with Gasteiger partial charge in [-0.25, -0.2) is 9.78 Å². The molecule has 0 saturated heterocycles. The van der Waals surface area contributed by atoms with Crippen LogP contribution < -0.4 is 4.74 Å². The first-order valence-corrected chi connectivity index (χ1v) is 7.40. The van der Waals surface area contributed by atoms with Gasteiger partial charge < -0.3 is 9.84 Å². The number of carboxylic acids is 1. The number of hydrogen-bond acceptors (Lipinski definition) is 4. The molecule has 0 amide bonds. The number of hydrogen-bond donors (Lipinski definition) is 1. The second-order valence-corrected chi connectivity index (χ2v) is 5.54. The zero-order chi connectivity index (χ0) is 14.7. The standard InChI is InChI=1S/C16H13NO3S/c18-16(19)14-10-17-15(13-6-2-1-5-12(13)14)20-8-7-11-4-3-9-21-11/h1-6,9-10H,7-8H2,(H,18,19). The van der Waals surface area contributed by atoms with E-state index >= 15 is 0 Å². The maximum Gasteiger partial charge on any atom is 0.337 e. The predicted molar refractivity (Wildman–Crippen MR) is 82.2 cm³/mol. The van der Waals surface area contributed by atoms with Crippen molar-refractivity contribution >= 4 is 28.1 Å². The van der Waals surface area contributed by atoms with Gasteiger partial charge in [0.1, 0.15) is 0 Å². The summed E-state index contributed by atoms with van der Waals surface area (Å²) in [5.74, 6) is -0.504. The van der Waals surface area contributed by atoms with E-state index in [9.17, 15) is 9.90 Å². The average molecular weight is 299 g/mol. The van der Waals surface area contributed by atoms with Crippen molar-refractivity contribution in [3.8, 4) is 5.88 Å². The highest BCUT2D eigenvalue weighted by atomic mass is 32.1. The molecule has 2 heterocycles. The molecular formula is C16H13NO3S. The average Bonchev–Trinajstić information content (AvgIpc) is 3.00. The minimum absolute atomic E-state index is 0.191. The first kappa shape index (κ1) is 13.6. The molecule has 0 unspecified atom stereocenters. The van der Waals surface area contributed by atoms with Gasteiger partial charge in [0.25, 0.3) is 0 Å². The summed E-state index contributed by atoms with van der Waals surface area (Å²) in [4.78, 5) is 16.6. The number of aromatic nitrogens is 1. The van der Waals surface area contributed by atoms with Gasteiger partial charge in [0.05, 0.1) is 12.2 Å². The number of aromatic carboxylic acids is 1. The molecule has 2 aromatic heterocycles. The maximum atomic E-state index is 11.2. The molecule has 4 nitrogen and oxygen atoms in total. The number of benzene rings is 1. The summed E-state index contributed by atoms with van der Waals surface area (Å²) in [5, 5.41) is 12.6. The highest BCUT2D eigenvalue weighted by molar-refractivity contribution is 7.09. The molecule has 0 bridgehead atoms. The summed E-state index contributed by atoms with van der Waals surface area (Å²) >= 11 is 1.69. The van der Waals surface area contributed by atoms with Crippen molar-refractivity contribution in [2.75, 3.05) is 6.61 Å². The van der Waals surface area contributed by atoms with E-state index in [-0.39, 0.29) is 5.56 Å². The van der Waals surface area contributed by atoms with E-state index in [4.69, 9.17) is 4.74 Å². The van der Waals surface area contributed by atoms with E-state index < -0.39 is 5.97 Å². The maximum absolute atomic E-state index is 11.2. The Morgan fingerprint density at radius 3 is 2.71 bits per heavy atom. The molecule has 106 valence electrons. The smallest absolute Gasteiger partial charge is 0.337 e. The van der Waals surface area contributed by atoms with Crippen LogP contribution in [0.25, 0.3) is 10.8 Å². The van der Waals surface area contributed by atoms with Gasteiger partial charge in [-0.1, -0.05) is 24.3 Å². The van der Waals surface area contributed by atoms with Crippen LogP contribution in [0.3, 0.4) is 0 Å². The molecule has 0 atom stereocenters. The lowest BCUT2D eigenvalue weighted by atomic mass is 10.1. The zero-order valence-electron chi connectivity index (χ0n) is 11.2. The van der Waals surface area contributed by atoms with Crippen LogP contribution >= 0.6 is 11.3 Å². The minimum Gasteiger partial charge on any atom is -0.478 e. The molecular weight excluding hydrogens is 286 g/mol. The van der Waals surface area contributed by atoms with Gasteiger partial charge in [-0.3, -0.25) is 0 Å². The Morgan fingerprint density at radius 2 is 2.00 bits per heavy atom. The Hall–Kier alpha value is -2.40. The first-order valence-electron chi connectivity index (χ1n) is 6.52. The van der Waals surface area contributed by atoms with Gasteiger partial charge in [-0.2, -0.15) is 0 Å². The molecule has 0 fully saturated rings. The monoisotopic (exact) mass is 299 g/mol. The number of thiophene rings is 1. The molecule has 0 aliphatic rings. The summed E-state index contributed by atoms with van der Waals surface area (Å²) in [6.07, 6.45) is 2.17. The fourth-order valence-corrected chi connectivity index (χ4v) is 2.85. The van der Waals surface area contributed by atoms with Crippen LogP contribution in [0, 0.1) is 0 Å². The van der Waals surface area contributed by atoms with Crippen molar-refractivity contribution in [2.24, 2.45) is 0 Å². The molecule has 1 N–H and O–H groups in total. The van der Waals surface area contributed by atoms with Gasteiger partial charge >= 0.3 is 5.97 Å². The topological polar surface area (TPSA) is 59.4 Å². The summed E-state index contributed by atoms with van der Waals surface area (Å²) in [6.45, 7) is 0.518. The molecule has 0 aliphatic carbocycles. The largest absolute Gasteiger partial charge is 0.478 e. The van der Waals surface area contributed by atoms with Crippen molar-refractivity contribution in [1.82, 2.24) is 4.98 Å². The highest BCUT2D eigenvalue weighted by Gasteiger charge is 2.12. The number of carbonyl (C=O) groups is 1. The normalized spacial score (nSPS) is 10.7. The number of ether oxygens (including phenoxy) is 1. The Bertz CT molecular complexity index is 768. The Morgan fingerprint density at radius 1 is 1.19 bits per heavy atom. The van der Waals surface area contributed by atoms with Crippen molar-refractivity contribution in [2.45, 2.75) is 6.42 Å². The number of fused-ring (bicyclic) bond motifs is 1. The summed E-state index contributed by atoms with van der Waals surface area (Å²) in [7, 11) is 0. The van der Waals surface area contributed by atoms with E-state index in [1.807, 2.05) is 29.6 Å². The van der Waals surface area contributed by atoms with Crippen molar-refractivity contribution < 1.29 is 14.6 Å². The lowest BCUT2D eigenvalue weighted by Crippen LogP contribution is -2.05. The molecule has 0 radical (unpaired) electrons. The lowest BCUT2D eigenvalue weighted by molar-refractivity contribution is 0.0698. The van der Waals surface area contributed by atoms with Crippen LogP contribution in [0.2, 0.25) is 0 Å². The van der Waals surface area contributed by atoms with Crippen LogP contribution in [-0.2, 0) is 6.42 Å². The second-order valence-electron chi connectivity index (χ2n) is 4.51. The Kier molecular flexibility index (Phi) is 3.83. The van der Waals surface area contributed by atoms with Gasteiger partial charge in [0.15, 0.2) is 0 Å². The van der Waals surface area contributed by atoms with Crippen molar-refractivity contribution in [3.63, 3.8) is 0 Å². The molecule has 0 spiro atoms. The van der Waals surface area contributed by atoms with Crippen molar-refractivity contribution in [1.29, 1.82) is 0 Å². The van der Waals surface area contributed by atoms with E-state index in [0.29, 0.717) is 17.9 Å². The molecule has 3 rings (SSSR count). The second kappa shape index (κ2) is 5.93. The van der Waals surface area contributed by atoms with Gasteiger partial charge in [0.2, 0.25) is 5.88 Å². The van der Waals surface area contributed by atoms with Gasteiger partial charge in [0, 0.05) is 28.3 Å². The van der Waals surface area contributed by atoms with Crippen LogP contribution in [0.15, 0.2) is 48.0 Å². The molecule has 5 heteroatoms. The van der Waals surface area contributed by atoms with Crippen LogP contribution in [0.4, 0.5) is 0 Å². The number of rotatable bonds is 5. The van der Waals surface area contributed by atoms with Crippen LogP contribution in [-0.4, -0.2) is 22.7 Å². The highest BCUT2D eigenvalue weighted by Crippen LogP contribution is 2.26. The van der Waals surface area contributed by atoms with Crippen molar-refractivity contribution in [3.05, 3.63) is 58.4 Å². The van der Waals surface area contributed by atoms with E-state index in [1.165, 1.54) is 11.1 Å². The van der Waals surface area contributed by atoms with E-state index in [2.05, 4.69) is 11.1 Å². The fraction of sp³-hybridized carbons (Fsp3) is 0.125. The molecule has 0 saturated carbocycles. The molecule has 0 aliphatic heterocycles. The minimum atomic E-state index is -0.983. The van der Waals surface area contributed by atoms with Gasteiger partial charge in [-0.15, -0.1) is 11.3 Å². The number of nitrogens with zero attached hydrogens (tertiary/aromatic N) is 1. The predicted octanol–water partition coefficient (Wildman–Crippen LogP) is 3.62. The van der Waals surface area contributed by atoms with Crippen LogP contribution in [0.1, 0.15) is 15.2 Å². The third-order valence-corrected chi connectivity index (χ3v) is 4.09. The third kappa shape index (κ3) is 2.87. The fourth-order valence-electron chi connectivity index (χ4n) is 2.16. The Labute approximate surface area is 125 Å². The third-order valence-electron chi connectivity index (χ3n) is 3.16. The Balaban J connectivity index is 1.85. The number of carboxylic acid groups (broad SMARTS) is 1. The van der Waals surface area contributed by atoms with E-state index in [1.54, 1.807) is 17.4 Å². The zero-order valence-corrected chi connectivity index (χ0v) is 12.0.